The zero-order chi connectivity index (χ0) is 38.0. The Morgan fingerprint density at radius 2 is 0.944 bits per heavy atom. The topological polar surface area (TPSA) is 50.7 Å². The van der Waals surface area contributed by atoms with E-state index in [1.165, 1.54) is 35.4 Å². The number of rotatable bonds is 8. The quantitative estimate of drug-likeness (QED) is 0.145. The van der Waals surface area contributed by atoms with Gasteiger partial charge in [0, 0.05) is 48.3 Å². The van der Waals surface area contributed by atoms with Crippen LogP contribution in [0.2, 0.25) is 0 Å². The molecule has 0 N–H and O–H groups in total. The maximum absolute atomic E-state index is 12.6. The second-order valence-corrected chi connectivity index (χ2v) is 13.4. The van der Waals surface area contributed by atoms with Crippen molar-refractivity contribution in [1.29, 1.82) is 0 Å². The second kappa shape index (κ2) is 15.1. The summed E-state index contributed by atoms with van der Waals surface area (Å²) in [4.78, 5) is 13.6. The van der Waals surface area contributed by atoms with Crippen molar-refractivity contribution in [3.63, 3.8) is 0 Å². The Morgan fingerprint density at radius 1 is 0.556 bits per heavy atom. The molecule has 8 rings (SSSR count). The third-order valence-corrected chi connectivity index (χ3v) is 9.86. The zero-order valence-corrected chi connectivity index (χ0v) is 29.8. The van der Waals surface area contributed by atoms with Crippen LogP contribution in [0.1, 0.15) is 33.6 Å². The first-order valence-electron chi connectivity index (χ1n) is 17.8. The standard InChI is InChI=1S/2C21H19F3N2O/c2*1-14-17-10-12-26(11-9-15-5-3-2-4-6-15)20(17)18-13-16(27-21(22,23)24)7-8-19(18)25-14/h2*2-8,13H,9-12H2,1H3. The summed E-state index contributed by atoms with van der Waals surface area (Å²) >= 11 is 0. The highest BCUT2D eigenvalue weighted by molar-refractivity contribution is 5.97. The maximum atomic E-state index is 12.6. The van der Waals surface area contributed by atoms with Crippen molar-refractivity contribution < 1.29 is 35.8 Å². The molecule has 6 nitrogen and oxygen atoms in total. The molecule has 0 saturated carbocycles. The van der Waals surface area contributed by atoms with E-state index in [0.717, 1.165) is 85.8 Å². The van der Waals surface area contributed by atoms with Gasteiger partial charge in [-0.25, -0.2) is 0 Å². The van der Waals surface area contributed by atoms with Crippen LogP contribution < -0.4 is 19.3 Å². The molecule has 4 heterocycles. The third-order valence-electron chi connectivity index (χ3n) is 9.86. The van der Waals surface area contributed by atoms with E-state index in [4.69, 9.17) is 0 Å². The van der Waals surface area contributed by atoms with Gasteiger partial charge in [-0.05, 0) is 98.2 Å². The molecule has 2 aromatic heterocycles. The number of benzene rings is 4. The molecule has 2 aliphatic rings. The van der Waals surface area contributed by atoms with Crippen LogP contribution in [0.25, 0.3) is 21.8 Å². The zero-order valence-electron chi connectivity index (χ0n) is 29.8. The summed E-state index contributed by atoms with van der Waals surface area (Å²) in [7, 11) is 0. The fourth-order valence-electron chi connectivity index (χ4n) is 7.47. The third kappa shape index (κ3) is 8.48. The first-order chi connectivity index (χ1) is 25.8. The van der Waals surface area contributed by atoms with Crippen molar-refractivity contribution >= 4 is 33.2 Å². The van der Waals surface area contributed by atoms with Gasteiger partial charge in [0.25, 0.3) is 0 Å². The molecule has 2 aliphatic heterocycles. The van der Waals surface area contributed by atoms with E-state index in [1.54, 1.807) is 12.1 Å². The number of pyridine rings is 2. The summed E-state index contributed by atoms with van der Waals surface area (Å²) in [6, 6.07) is 29.1. The summed E-state index contributed by atoms with van der Waals surface area (Å²) < 4.78 is 83.9. The van der Waals surface area contributed by atoms with E-state index in [2.05, 4.69) is 53.5 Å². The van der Waals surface area contributed by atoms with Gasteiger partial charge in [-0.2, -0.15) is 0 Å². The predicted molar refractivity (Wildman–Crippen MR) is 198 cm³/mol. The second-order valence-electron chi connectivity index (χ2n) is 13.4. The Labute approximate surface area is 309 Å². The molecule has 0 fully saturated rings. The molecule has 280 valence electrons. The summed E-state index contributed by atoms with van der Waals surface area (Å²) in [6.45, 7) is 7.21. The molecule has 0 bridgehead atoms. The largest absolute Gasteiger partial charge is 0.573 e. The van der Waals surface area contributed by atoms with Crippen LogP contribution in [-0.2, 0) is 25.7 Å². The molecule has 12 heteroatoms. The number of anilines is 2. The highest BCUT2D eigenvalue weighted by atomic mass is 19.4. The minimum Gasteiger partial charge on any atom is -0.406 e. The molecular formula is C42H38F6N4O2. The van der Waals surface area contributed by atoms with Gasteiger partial charge in [0.15, 0.2) is 0 Å². The van der Waals surface area contributed by atoms with Crippen molar-refractivity contribution in [2.24, 2.45) is 0 Å². The molecule has 0 amide bonds. The summed E-state index contributed by atoms with van der Waals surface area (Å²) in [5.41, 5.74) is 9.92. The predicted octanol–water partition coefficient (Wildman–Crippen LogP) is 10.1. The number of hydrogen-bond acceptors (Lipinski definition) is 6. The van der Waals surface area contributed by atoms with Gasteiger partial charge in [0.2, 0.25) is 0 Å². The molecule has 0 saturated heterocycles. The summed E-state index contributed by atoms with van der Waals surface area (Å²) in [5, 5.41) is 1.42. The molecule has 0 spiro atoms. The molecule has 0 aliphatic carbocycles. The lowest BCUT2D eigenvalue weighted by Gasteiger charge is -2.22. The molecule has 4 aromatic carbocycles. The van der Waals surface area contributed by atoms with Crippen molar-refractivity contribution in [3.8, 4) is 11.5 Å². The number of halogens is 6. The van der Waals surface area contributed by atoms with Gasteiger partial charge in [-0.3, -0.25) is 9.97 Å². The fourth-order valence-corrected chi connectivity index (χ4v) is 7.47. The Bertz CT molecular complexity index is 2100. The maximum Gasteiger partial charge on any atom is 0.573 e. The summed E-state index contributed by atoms with van der Waals surface area (Å²) in [6.07, 6.45) is -5.96. The number of aromatic nitrogens is 2. The summed E-state index contributed by atoms with van der Waals surface area (Å²) in [5.74, 6) is -0.421. The van der Waals surface area contributed by atoms with E-state index in [0.29, 0.717) is 21.8 Å². The number of ether oxygens (including phenoxy) is 2. The minimum absolute atomic E-state index is 0.210. The van der Waals surface area contributed by atoms with Crippen molar-refractivity contribution in [2.75, 3.05) is 36.0 Å². The van der Waals surface area contributed by atoms with Gasteiger partial charge in [0.05, 0.1) is 22.4 Å². The van der Waals surface area contributed by atoms with Gasteiger partial charge < -0.3 is 19.3 Å². The van der Waals surface area contributed by atoms with E-state index in [-0.39, 0.29) is 11.5 Å². The Balaban J connectivity index is 0.000000167. The minimum atomic E-state index is -4.71. The molecule has 6 aromatic rings. The number of hydrogen-bond donors (Lipinski definition) is 0. The van der Waals surface area contributed by atoms with Crippen LogP contribution in [0.5, 0.6) is 11.5 Å². The first-order valence-corrected chi connectivity index (χ1v) is 17.8. The monoisotopic (exact) mass is 744 g/mol. The van der Waals surface area contributed by atoms with E-state index < -0.39 is 12.7 Å². The smallest absolute Gasteiger partial charge is 0.406 e. The fraction of sp³-hybridized carbons (Fsp3) is 0.286. The van der Waals surface area contributed by atoms with Gasteiger partial charge >= 0.3 is 12.7 Å². The molecule has 0 radical (unpaired) electrons. The van der Waals surface area contributed by atoms with E-state index >= 15 is 0 Å². The van der Waals surface area contributed by atoms with Crippen LogP contribution in [0.3, 0.4) is 0 Å². The van der Waals surface area contributed by atoms with Crippen LogP contribution in [0, 0.1) is 13.8 Å². The normalized spacial score (nSPS) is 13.9. The van der Waals surface area contributed by atoms with Crippen molar-refractivity contribution in [1.82, 2.24) is 9.97 Å². The number of alkyl halides is 6. The van der Waals surface area contributed by atoms with Crippen LogP contribution in [0.15, 0.2) is 97.1 Å². The highest BCUT2D eigenvalue weighted by Gasteiger charge is 2.33. The number of aryl methyl sites for hydroxylation is 2. The Morgan fingerprint density at radius 3 is 1.31 bits per heavy atom. The molecule has 54 heavy (non-hydrogen) atoms. The van der Waals surface area contributed by atoms with Gasteiger partial charge in [-0.1, -0.05) is 60.7 Å². The lowest BCUT2D eigenvalue weighted by Crippen LogP contribution is -2.23. The van der Waals surface area contributed by atoms with E-state index in [1.807, 2.05) is 50.2 Å². The molecule has 0 unspecified atom stereocenters. The van der Waals surface area contributed by atoms with Crippen LogP contribution >= 0.6 is 0 Å². The van der Waals surface area contributed by atoms with Crippen molar-refractivity contribution in [2.45, 2.75) is 52.3 Å². The average Bonchev–Trinajstić information content (AvgIpc) is 3.77. The number of nitrogens with zero attached hydrogens (tertiary/aromatic N) is 4. The van der Waals surface area contributed by atoms with Gasteiger partial charge in [-0.15, -0.1) is 26.3 Å². The highest BCUT2D eigenvalue weighted by Crippen LogP contribution is 2.40. The SMILES string of the molecule is Cc1nc2ccc(OC(F)(F)F)cc2c2c1CCN2CCc1ccccc1.Cc1nc2ccc(OC(F)(F)F)cc2c2c1CCN2CCc1ccccc1. The van der Waals surface area contributed by atoms with Gasteiger partial charge in [0.1, 0.15) is 11.5 Å². The molecule has 0 atom stereocenters. The van der Waals surface area contributed by atoms with Crippen molar-refractivity contribution in [3.05, 3.63) is 131 Å². The first kappa shape index (κ1) is 36.8. The van der Waals surface area contributed by atoms with Crippen LogP contribution in [-0.4, -0.2) is 48.9 Å². The Kier molecular flexibility index (Phi) is 10.3. The molecular weight excluding hydrogens is 706 g/mol. The van der Waals surface area contributed by atoms with Crippen LogP contribution in [0.4, 0.5) is 37.7 Å². The lowest BCUT2D eigenvalue weighted by atomic mass is 10.1. The average molecular weight is 745 g/mol. The lowest BCUT2D eigenvalue weighted by molar-refractivity contribution is -0.275. The van der Waals surface area contributed by atoms with E-state index in [9.17, 15) is 26.3 Å². The number of fused-ring (bicyclic) bond motifs is 6. The Hall–Kier alpha value is -5.52.